The summed E-state index contributed by atoms with van der Waals surface area (Å²) in [5, 5.41) is 0. The smallest absolute Gasteiger partial charge is 0.434 e. The Balaban J connectivity index is 0. The first-order valence-corrected chi connectivity index (χ1v) is 16.7. The molecule has 4 heteroatoms. The summed E-state index contributed by atoms with van der Waals surface area (Å²) < 4.78 is 11.1. The molecular formula is C35H71NO3. The Morgan fingerprint density at radius 3 is 1.46 bits per heavy atom. The quantitative estimate of drug-likeness (QED) is 0.0524. The molecular weight excluding hydrogens is 482 g/mol. The van der Waals surface area contributed by atoms with E-state index in [-0.39, 0.29) is 13.5 Å². The lowest BCUT2D eigenvalue weighted by atomic mass is 10.0. The molecule has 0 bridgehead atoms. The molecule has 0 aliphatic carbocycles. The molecule has 0 aromatic rings. The average Bonchev–Trinajstić information content (AvgIpc) is 2.90. The van der Waals surface area contributed by atoms with Crippen molar-refractivity contribution in [3.05, 3.63) is 12.2 Å². The van der Waals surface area contributed by atoms with Gasteiger partial charge in [-0.05, 0) is 71.9 Å². The van der Waals surface area contributed by atoms with E-state index in [0.29, 0.717) is 6.61 Å². The molecule has 0 amide bonds. The third-order valence-electron chi connectivity index (χ3n) is 7.40. The number of hydrogen-bond acceptors (Lipinski definition) is 4. The average molecular weight is 554 g/mol. The van der Waals surface area contributed by atoms with E-state index in [1.165, 1.54) is 122 Å². The zero-order chi connectivity index (χ0) is 27.9. The third kappa shape index (κ3) is 33.1. The fourth-order valence-electron chi connectivity index (χ4n) is 4.92. The van der Waals surface area contributed by atoms with Crippen LogP contribution in [0.25, 0.3) is 0 Å². The predicted octanol–water partition coefficient (Wildman–Crippen LogP) is 11.7. The van der Waals surface area contributed by atoms with Crippen LogP contribution in [0.3, 0.4) is 0 Å². The summed E-state index contributed by atoms with van der Waals surface area (Å²) in [7, 11) is 4.07. The van der Waals surface area contributed by atoms with Crippen LogP contribution in [0.2, 0.25) is 0 Å². The fraction of sp³-hybridized carbons (Fsp3) is 0.914. The minimum absolute atomic E-state index is 0. The van der Waals surface area contributed by atoms with E-state index in [4.69, 9.17) is 9.47 Å². The largest absolute Gasteiger partial charge is 0.508 e. The highest BCUT2D eigenvalue weighted by molar-refractivity contribution is 5.60. The zero-order valence-electron chi connectivity index (χ0n) is 26.3. The molecule has 0 spiro atoms. The second-order valence-electron chi connectivity index (χ2n) is 11.6. The van der Waals surface area contributed by atoms with E-state index < -0.39 is 6.16 Å². The van der Waals surface area contributed by atoms with Gasteiger partial charge in [-0.15, -0.1) is 0 Å². The van der Waals surface area contributed by atoms with Crippen LogP contribution < -0.4 is 0 Å². The SMILES string of the molecule is C.CCCCCCCC/C=C\CCCCCCCC(CCCCCCCCCC)OC(=O)OCCCN(C)C. The van der Waals surface area contributed by atoms with Crippen LogP contribution in [0.5, 0.6) is 0 Å². The second-order valence-corrected chi connectivity index (χ2v) is 11.6. The van der Waals surface area contributed by atoms with Crippen molar-refractivity contribution >= 4 is 6.16 Å². The summed E-state index contributed by atoms with van der Waals surface area (Å²) in [6.07, 6.45) is 34.6. The maximum Gasteiger partial charge on any atom is 0.508 e. The van der Waals surface area contributed by atoms with E-state index in [1.807, 2.05) is 14.1 Å². The van der Waals surface area contributed by atoms with Crippen molar-refractivity contribution in [2.75, 3.05) is 27.2 Å². The van der Waals surface area contributed by atoms with Crippen molar-refractivity contribution in [1.82, 2.24) is 4.90 Å². The van der Waals surface area contributed by atoms with Gasteiger partial charge in [0, 0.05) is 6.54 Å². The lowest BCUT2D eigenvalue weighted by molar-refractivity contribution is 0.0150. The first-order valence-electron chi connectivity index (χ1n) is 16.7. The summed E-state index contributed by atoms with van der Waals surface area (Å²) in [5.41, 5.74) is 0. The lowest BCUT2D eigenvalue weighted by Crippen LogP contribution is -2.21. The van der Waals surface area contributed by atoms with Gasteiger partial charge >= 0.3 is 6.16 Å². The number of nitrogens with zero attached hydrogens (tertiary/aromatic N) is 1. The van der Waals surface area contributed by atoms with Gasteiger partial charge in [-0.3, -0.25) is 0 Å². The van der Waals surface area contributed by atoms with Crippen molar-refractivity contribution in [2.24, 2.45) is 0 Å². The molecule has 0 saturated carbocycles. The van der Waals surface area contributed by atoms with Gasteiger partial charge in [-0.2, -0.15) is 0 Å². The predicted molar refractivity (Wildman–Crippen MR) is 173 cm³/mol. The first-order chi connectivity index (χ1) is 18.6. The highest BCUT2D eigenvalue weighted by atomic mass is 16.7. The summed E-state index contributed by atoms with van der Waals surface area (Å²) in [6.45, 7) is 5.91. The normalized spacial score (nSPS) is 12.1. The monoisotopic (exact) mass is 554 g/mol. The van der Waals surface area contributed by atoms with Crippen LogP contribution in [0, 0.1) is 0 Å². The number of unbranched alkanes of at least 4 members (excludes halogenated alkanes) is 18. The molecule has 0 rings (SSSR count). The Hall–Kier alpha value is -1.03. The first kappa shape index (κ1) is 40.1. The highest BCUT2D eigenvalue weighted by Gasteiger charge is 2.15. The van der Waals surface area contributed by atoms with E-state index >= 15 is 0 Å². The van der Waals surface area contributed by atoms with Crippen LogP contribution in [-0.2, 0) is 9.47 Å². The topological polar surface area (TPSA) is 38.8 Å². The highest BCUT2D eigenvalue weighted by Crippen LogP contribution is 2.18. The van der Waals surface area contributed by atoms with Crippen LogP contribution in [0.1, 0.15) is 175 Å². The number of hydrogen-bond donors (Lipinski definition) is 0. The Labute approximate surface area is 246 Å². The van der Waals surface area contributed by atoms with E-state index in [9.17, 15) is 4.79 Å². The van der Waals surface area contributed by atoms with Crippen LogP contribution in [-0.4, -0.2) is 44.4 Å². The number of carbonyl (C=O) groups excluding carboxylic acids is 1. The Kier molecular flexibility index (Phi) is 34.1. The minimum Gasteiger partial charge on any atom is -0.434 e. The van der Waals surface area contributed by atoms with Crippen molar-refractivity contribution < 1.29 is 14.3 Å². The summed E-state index contributed by atoms with van der Waals surface area (Å²) in [5.74, 6) is 0. The summed E-state index contributed by atoms with van der Waals surface area (Å²) in [4.78, 5) is 14.3. The Morgan fingerprint density at radius 2 is 1.03 bits per heavy atom. The second kappa shape index (κ2) is 33.2. The van der Waals surface area contributed by atoms with Crippen LogP contribution in [0.4, 0.5) is 4.79 Å². The molecule has 234 valence electrons. The number of rotatable bonds is 29. The molecule has 4 nitrogen and oxygen atoms in total. The van der Waals surface area contributed by atoms with Gasteiger partial charge in [0.25, 0.3) is 0 Å². The van der Waals surface area contributed by atoms with Gasteiger partial charge < -0.3 is 14.4 Å². The Morgan fingerprint density at radius 1 is 0.615 bits per heavy atom. The van der Waals surface area contributed by atoms with Crippen molar-refractivity contribution in [3.8, 4) is 0 Å². The lowest BCUT2D eigenvalue weighted by Gasteiger charge is -2.18. The standard InChI is InChI=1S/C34H67NO3.CH4/c1-5-7-9-11-13-15-16-17-18-19-20-21-23-25-27-30-33(29-26-24-22-14-12-10-8-6-2)38-34(36)37-32-28-31-35(3)4;/h17-18,33H,5-16,19-32H2,1-4H3;1H4/b18-17-;. The molecule has 39 heavy (non-hydrogen) atoms. The Bertz CT molecular complexity index is 506. The molecule has 0 fully saturated rings. The number of carbonyl (C=O) groups is 1. The van der Waals surface area contributed by atoms with Gasteiger partial charge in [-0.1, -0.05) is 130 Å². The summed E-state index contributed by atoms with van der Waals surface area (Å²) >= 11 is 0. The van der Waals surface area contributed by atoms with Gasteiger partial charge in [0.2, 0.25) is 0 Å². The van der Waals surface area contributed by atoms with Gasteiger partial charge in [-0.25, -0.2) is 4.79 Å². The fourth-order valence-corrected chi connectivity index (χ4v) is 4.92. The van der Waals surface area contributed by atoms with E-state index in [2.05, 4.69) is 30.9 Å². The van der Waals surface area contributed by atoms with Crippen molar-refractivity contribution in [2.45, 2.75) is 181 Å². The maximum atomic E-state index is 12.2. The molecule has 0 aliphatic rings. The van der Waals surface area contributed by atoms with Crippen molar-refractivity contribution in [1.29, 1.82) is 0 Å². The zero-order valence-corrected chi connectivity index (χ0v) is 26.3. The van der Waals surface area contributed by atoms with E-state index in [0.717, 1.165) is 38.6 Å². The maximum absolute atomic E-state index is 12.2. The molecule has 0 N–H and O–H groups in total. The molecule has 0 heterocycles. The van der Waals surface area contributed by atoms with E-state index in [1.54, 1.807) is 0 Å². The molecule has 1 atom stereocenters. The molecule has 0 aliphatic heterocycles. The molecule has 0 radical (unpaired) electrons. The molecule has 0 saturated heterocycles. The van der Waals surface area contributed by atoms with Crippen molar-refractivity contribution in [3.63, 3.8) is 0 Å². The molecule has 1 unspecified atom stereocenters. The van der Waals surface area contributed by atoms with Crippen LogP contribution in [0.15, 0.2) is 12.2 Å². The third-order valence-corrected chi connectivity index (χ3v) is 7.40. The van der Waals surface area contributed by atoms with Gasteiger partial charge in [0.05, 0.1) is 6.61 Å². The van der Waals surface area contributed by atoms with Crippen LogP contribution >= 0.6 is 0 Å². The molecule has 0 aromatic heterocycles. The van der Waals surface area contributed by atoms with Gasteiger partial charge in [0.1, 0.15) is 6.10 Å². The molecule has 0 aromatic carbocycles. The summed E-state index contributed by atoms with van der Waals surface area (Å²) in [6, 6.07) is 0. The number of allylic oxidation sites excluding steroid dienone is 2. The minimum atomic E-state index is -0.471. The number of ether oxygens (including phenoxy) is 2. The van der Waals surface area contributed by atoms with Gasteiger partial charge in [0.15, 0.2) is 0 Å².